The molecular formula is C15H20FNO3. The maximum Gasteiger partial charge on any atom is 0.325 e. The molecule has 20 heavy (non-hydrogen) atoms. The summed E-state index contributed by atoms with van der Waals surface area (Å²) < 4.78 is 18.4. The van der Waals surface area contributed by atoms with E-state index in [0.29, 0.717) is 5.56 Å². The largest absolute Gasteiger partial charge is 0.465 e. The van der Waals surface area contributed by atoms with Crippen molar-refractivity contribution in [1.29, 1.82) is 0 Å². The van der Waals surface area contributed by atoms with Gasteiger partial charge in [-0.05, 0) is 45.4 Å². The molecule has 0 unspecified atom stereocenters. The maximum absolute atomic E-state index is 13.5. The lowest BCUT2D eigenvalue weighted by Crippen LogP contribution is -2.41. The zero-order chi connectivity index (χ0) is 15.3. The van der Waals surface area contributed by atoms with Gasteiger partial charge in [0.2, 0.25) is 0 Å². The van der Waals surface area contributed by atoms with Crippen molar-refractivity contribution in [2.75, 3.05) is 13.2 Å². The Morgan fingerprint density at radius 2 is 2.00 bits per heavy atom. The SMILES string of the molecule is CCOC(=O)CN(C(=O)c1ccc(C)c(F)c1)C(C)C. The molecule has 0 aromatic heterocycles. The summed E-state index contributed by atoms with van der Waals surface area (Å²) in [7, 11) is 0. The molecule has 0 aliphatic rings. The number of amides is 1. The van der Waals surface area contributed by atoms with Crippen LogP contribution in [0.15, 0.2) is 18.2 Å². The van der Waals surface area contributed by atoms with Crippen molar-refractivity contribution in [3.05, 3.63) is 35.1 Å². The second-order valence-electron chi connectivity index (χ2n) is 4.80. The van der Waals surface area contributed by atoms with E-state index in [2.05, 4.69) is 0 Å². The number of carbonyl (C=O) groups is 2. The Hall–Kier alpha value is -1.91. The topological polar surface area (TPSA) is 46.6 Å². The highest BCUT2D eigenvalue weighted by Crippen LogP contribution is 2.13. The van der Waals surface area contributed by atoms with Gasteiger partial charge in [0.15, 0.2) is 0 Å². The van der Waals surface area contributed by atoms with Crippen molar-refractivity contribution >= 4 is 11.9 Å². The number of hydrogen-bond donors (Lipinski definition) is 0. The van der Waals surface area contributed by atoms with Crippen LogP contribution in [-0.2, 0) is 9.53 Å². The molecule has 0 radical (unpaired) electrons. The predicted octanol–water partition coefficient (Wildman–Crippen LogP) is 2.55. The summed E-state index contributed by atoms with van der Waals surface area (Å²) in [4.78, 5) is 25.2. The first-order chi connectivity index (χ1) is 9.36. The molecule has 0 aliphatic carbocycles. The zero-order valence-corrected chi connectivity index (χ0v) is 12.3. The van der Waals surface area contributed by atoms with E-state index >= 15 is 0 Å². The van der Waals surface area contributed by atoms with Crippen LogP contribution >= 0.6 is 0 Å². The van der Waals surface area contributed by atoms with Crippen LogP contribution in [0.25, 0.3) is 0 Å². The molecule has 0 saturated carbocycles. The van der Waals surface area contributed by atoms with E-state index in [9.17, 15) is 14.0 Å². The number of rotatable bonds is 5. The Morgan fingerprint density at radius 3 is 2.50 bits per heavy atom. The monoisotopic (exact) mass is 281 g/mol. The Bertz CT molecular complexity index is 500. The van der Waals surface area contributed by atoms with Crippen LogP contribution in [0.5, 0.6) is 0 Å². The van der Waals surface area contributed by atoms with E-state index in [1.807, 2.05) is 0 Å². The van der Waals surface area contributed by atoms with E-state index in [-0.39, 0.29) is 30.7 Å². The van der Waals surface area contributed by atoms with Crippen LogP contribution in [0.4, 0.5) is 4.39 Å². The van der Waals surface area contributed by atoms with Crippen molar-refractivity contribution in [1.82, 2.24) is 4.90 Å². The second kappa shape index (κ2) is 7.03. The average molecular weight is 281 g/mol. The molecule has 0 aliphatic heterocycles. The minimum Gasteiger partial charge on any atom is -0.465 e. The fourth-order valence-corrected chi connectivity index (χ4v) is 1.73. The molecule has 0 atom stereocenters. The quantitative estimate of drug-likeness (QED) is 0.779. The van der Waals surface area contributed by atoms with Gasteiger partial charge < -0.3 is 9.64 Å². The fraction of sp³-hybridized carbons (Fsp3) is 0.467. The lowest BCUT2D eigenvalue weighted by molar-refractivity contribution is -0.144. The van der Waals surface area contributed by atoms with E-state index < -0.39 is 11.8 Å². The summed E-state index contributed by atoms with van der Waals surface area (Å²) in [5.74, 6) is -1.29. The lowest BCUT2D eigenvalue weighted by Gasteiger charge is -2.25. The van der Waals surface area contributed by atoms with Gasteiger partial charge in [0, 0.05) is 11.6 Å². The van der Waals surface area contributed by atoms with E-state index in [0.717, 1.165) is 0 Å². The average Bonchev–Trinajstić information content (AvgIpc) is 2.38. The van der Waals surface area contributed by atoms with Crippen molar-refractivity contribution < 1.29 is 18.7 Å². The highest BCUT2D eigenvalue weighted by molar-refractivity contribution is 5.96. The van der Waals surface area contributed by atoms with Gasteiger partial charge in [0.05, 0.1) is 6.61 Å². The summed E-state index contributed by atoms with van der Waals surface area (Å²) in [6.45, 7) is 7.04. The molecule has 1 amide bonds. The van der Waals surface area contributed by atoms with E-state index in [1.165, 1.54) is 11.0 Å². The van der Waals surface area contributed by atoms with Gasteiger partial charge in [0.25, 0.3) is 5.91 Å². The summed E-state index contributed by atoms with van der Waals surface area (Å²) in [6.07, 6.45) is 0. The van der Waals surface area contributed by atoms with Crippen LogP contribution in [0.3, 0.4) is 0 Å². The minimum atomic E-state index is -0.470. The summed E-state index contributed by atoms with van der Waals surface area (Å²) in [6, 6.07) is 4.11. The summed E-state index contributed by atoms with van der Waals surface area (Å²) >= 11 is 0. The molecule has 1 aromatic rings. The first-order valence-corrected chi connectivity index (χ1v) is 6.59. The molecule has 110 valence electrons. The van der Waals surface area contributed by atoms with Crippen molar-refractivity contribution in [2.24, 2.45) is 0 Å². The normalized spacial score (nSPS) is 10.5. The number of hydrogen-bond acceptors (Lipinski definition) is 3. The standard InChI is InChI=1S/C15H20FNO3/c1-5-20-14(18)9-17(10(2)3)15(19)12-7-6-11(4)13(16)8-12/h6-8,10H,5,9H2,1-4H3. The molecule has 0 N–H and O–H groups in total. The van der Waals surface area contributed by atoms with Crippen LogP contribution in [0.2, 0.25) is 0 Å². The Balaban J connectivity index is 2.93. The molecule has 0 spiro atoms. The highest BCUT2D eigenvalue weighted by atomic mass is 19.1. The molecular weight excluding hydrogens is 261 g/mol. The number of nitrogens with zero attached hydrogens (tertiary/aromatic N) is 1. The predicted molar refractivity (Wildman–Crippen MR) is 73.9 cm³/mol. The minimum absolute atomic E-state index is 0.139. The van der Waals surface area contributed by atoms with E-state index in [1.54, 1.807) is 39.8 Å². The first kappa shape index (κ1) is 16.1. The second-order valence-corrected chi connectivity index (χ2v) is 4.80. The van der Waals surface area contributed by atoms with Crippen LogP contribution in [0.1, 0.15) is 36.7 Å². The Kier molecular flexibility index (Phi) is 5.67. The number of benzene rings is 1. The van der Waals surface area contributed by atoms with Crippen LogP contribution in [0, 0.1) is 12.7 Å². The maximum atomic E-state index is 13.5. The summed E-state index contributed by atoms with van der Waals surface area (Å²) in [5.41, 5.74) is 0.703. The van der Waals surface area contributed by atoms with Gasteiger partial charge in [0.1, 0.15) is 12.4 Å². The number of ether oxygens (including phenoxy) is 1. The van der Waals surface area contributed by atoms with E-state index in [4.69, 9.17) is 4.74 Å². The molecule has 5 heteroatoms. The number of aryl methyl sites for hydroxylation is 1. The molecule has 1 rings (SSSR count). The van der Waals surface area contributed by atoms with Gasteiger partial charge in [-0.25, -0.2) is 4.39 Å². The third-order valence-electron chi connectivity index (χ3n) is 2.91. The van der Waals surface area contributed by atoms with Gasteiger partial charge in [-0.1, -0.05) is 6.07 Å². The number of esters is 1. The first-order valence-electron chi connectivity index (χ1n) is 6.59. The van der Waals surface area contributed by atoms with Gasteiger partial charge in [-0.3, -0.25) is 9.59 Å². The van der Waals surface area contributed by atoms with Crippen LogP contribution in [-0.4, -0.2) is 36.0 Å². The zero-order valence-electron chi connectivity index (χ0n) is 12.3. The third-order valence-corrected chi connectivity index (χ3v) is 2.91. The Morgan fingerprint density at radius 1 is 1.35 bits per heavy atom. The molecule has 0 fully saturated rings. The summed E-state index contributed by atoms with van der Waals surface area (Å²) in [5, 5.41) is 0. The van der Waals surface area contributed by atoms with Gasteiger partial charge in [-0.15, -0.1) is 0 Å². The number of carbonyl (C=O) groups excluding carboxylic acids is 2. The van der Waals surface area contributed by atoms with Gasteiger partial charge >= 0.3 is 5.97 Å². The fourth-order valence-electron chi connectivity index (χ4n) is 1.73. The highest BCUT2D eigenvalue weighted by Gasteiger charge is 2.22. The van der Waals surface area contributed by atoms with Gasteiger partial charge in [-0.2, -0.15) is 0 Å². The molecule has 4 nitrogen and oxygen atoms in total. The van der Waals surface area contributed by atoms with Crippen molar-refractivity contribution in [2.45, 2.75) is 33.7 Å². The van der Waals surface area contributed by atoms with Crippen molar-refractivity contribution in [3.8, 4) is 0 Å². The smallest absolute Gasteiger partial charge is 0.325 e. The molecule has 0 bridgehead atoms. The van der Waals surface area contributed by atoms with Crippen molar-refractivity contribution in [3.63, 3.8) is 0 Å². The third kappa shape index (κ3) is 4.05. The lowest BCUT2D eigenvalue weighted by atomic mass is 10.1. The Labute approximate surface area is 118 Å². The van der Waals surface area contributed by atoms with Crippen LogP contribution < -0.4 is 0 Å². The molecule has 1 aromatic carbocycles. The molecule has 0 saturated heterocycles. The number of halogens is 1. The molecule has 0 heterocycles.